The van der Waals surface area contributed by atoms with Gasteiger partial charge in [-0.2, -0.15) is 11.3 Å². The molecular formula is C13H8Cl2N2S. The lowest BCUT2D eigenvalue weighted by Gasteiger charge is -2.07. The minimum Gasteiger partial charge on any atom is -0.226 e. The molecule has 0 N–H and O–H groups in total. The Hall–Kier alpha value is -1.16. The molecule has 2 nitrogen and oxygen atoms in total. The molecule has 90 valence electrons. The highest BCUT2D eigenvalue weighted by Gasteiger charge is 2.12. The van der Waals surface area contributed by atoms with Crippen molar-refractivity contribution in [2.24, 2.45) is 0 Å². The molecule has 0 aliphatic carbocycles. The molecule has 0 saturated heterocycles. The fraction of sp³-hybridized carbons (Fsp3) is 0.0769. The third-order valence-corrected chi connectivity index (χ3v) is 4.01. The van der Waals surface area contributed by atoms with Crippen LogP contribution in [0, 0.1) is 6.92 Å². The Kier molecular flexibility index (Phi) is 2.98. The second-order valence-corrected chi connectivity index (χ2v) is 5.48. The third kappa shape index (κ3) is 1.88. The molecule has 0 bridgehead atoms. The molecule has 2 heterocycles. The van der Waals surface area contributed by atoms with Crippen LogP contribution in [-0.4, -0.2) is 9.97 Å². The number of thiophene rings is 1. The van der Waals surface area contributed by atoms with Gasteiger partial charge in [-0.05, 0) is 30.0 Å². The van der Waals surface area contributed by atoms with Crippen molar-refractivity contribution in [2.45, 2.75) is 6.92 Å². The zero-order chi connectivity index (χ0) is 12.7. The molecule has 0 unspecified atom stereocenters. The summed E-state index contributed by atoms with van der Waals surface area (Å²) in [6.07, 6.45) is 0. The molecule has 1 aromatic carbocycles. The van der Waals surface area contributed by atoms with Gasteiger partial charge in [0.05, 0.1) is 10.5 Å². The summed E-state index contributed by atoms with van der Waals surface area (Å²) < 4.78 is 0. The van der Waals surface area contributed by atoms with Gasteiger partial charge in [-0.3, -0.25) is 0 Å². The molecule has 18 heavy (non-hydrogen) atoms. The van der Waals surface area contributed by atoms with Crippen molar-refractivity contribution < 1.29 is 0 Å². The Morgan fingerprint density at radius 1 is 1.11 bits per heavy atom. The predicted octanol–water partition coefficient (Wildman–Crippen LogP) is 4.97. The molecule has 0 amide bonds. The number of benzene rings is 1. The Balaban J connectivity index is 2.37. The van der Waals surface area contributed by atoms with Crippen LogP contribution < -0.4 is 0 Å². The zero-order valence-corrected chi connectivity index (χ0v) is 11.8. The monoisotopic (exact) mass is 294 g/mol. The number of nitrogens with zero attached hydrogens (tertiary/aromatic N) is 2. The van der Waals surface area contributed by atoms with Gasteiger partial charge in [0, 0.05) is 16.3 Å². The molecule has 0 fully saturated rings. The van der Waals surface area contributed by atoms with Crippen molar-refractivity contribution in [1.29, 1.82) is 0 Å². The van der Waals surface area contributed by atoms with Crippen molar-refractivity contribution in [3.05, 3.63) is 44.7 Å². The van der Waals surface area contributed by atoms with Crippen molar-refractivity contribution in [2.75, 3.05) is 0 Å². The maximum absolute atomic E-state index is 6.25. The number of aryl methyl sites for hydroxylation is 1. The number of rotatable bonds is 1. The van der Waals surface area contributed by atoms with E-state index in [1.807, 2.05) is 35.9 Å². The number of aromatic nitrogens is 2. The fourth-order valence-electron chi connectivity index (χ4n) is 1.84. The molecule has 2 aromatic heterocycles. The van der Waals surface area contributed by atoms with E-state index in [0.29, 0.717) is 21.5 Å². The number of halogens is 2. The number of hydrogen-bond donors (Lipinski definition) is 0. The normalized spacial score (nSPS) is 11.1. The van der Waals surface area contributed by atoms with Crippen LogP contribution in [0.5, 0.6) is 0 Å². The van der Waals surface area contributed by atoms with Crippen LogP contribution in [-0.2, 0) is 0 Å². The first-order chi connectivity index (χ1) is 8.66. The smallest absolute Gasteiger partial charge is 0.162 e. The predicted molar refractivity (Wildman–Crippen MR) is 77.6 cm³/mol. The Bertz CT molecular complexity index is 723. The Morgan fingerprint density at radius 2 is 1.94 bits per heavy atom. The largest absolute Gasteiger partial charge is 0.226 e. The molecule has 0 radical (unpaired) electrons. The highest BCUT2D eigenvalue weighted by molar-refractivity contribution is 7.08. The van der Waals surface area contributed by atoms with Crippen LogP contribution in [0.1, 0.15) is 5.56 Å². The first kappa shape index (κ1) is 11.9. The van der Waals surface area contributed by atoms with E-state index in [2.05, 4.69) is 9.97 Å². The highest BCUT2D eigenvalue weighted by Crippen LogP contribution is 2.31. The summed E-state index contributed by atoms with van der Waals surface area (Å²) in [5.74, 6) is 0.612. The van der Waals surface area contributed by atoms with E-state index >= 15 is 0 Å². The summed E-state index contributed by atoms with van der Waals surface area (Å²) in [5, 5.41) is 5.83. The van der Waals surface area contributed by atoms with E-state index in [4.69, 9.17) is 23.2 Å². The van der Waals surface area contributed by atoms with E-state index < -0.39 is 0 Å². The summed E-state index contributed by atoms with van der Waals surface area (Å²) in [5.41, 5.74) is 2.69. The van der Waals surface area contributed by atoms with Gasteiger partial charge in [0.15, 0.2) is 5.82 Å². The van der Waals surface area contributed by atoms with Crippen LogP contribution in [0.2, 0.25) is 10.2 Å². The standard InChI is InChI=1S/C13H8Cl2N2S/c1-7-2-3-9(14)11-10(7)12(15)17-13(16-11)8-4-5-18-6-8/h2-6H,1H3. The summed E-state index contributed by atoms with van der Waals surface area (Å²) in [6, 6.07) is 5.72. The highest BCUT2D eigenvalue weighted by atomic mass is 35.5. The lowest BCUT2D eigenvalue weighted by molar-refractivity contribution is 1.23. The quantitative estimate of drug-likeness (QED) is 0.592. The molecule has 3 aromatic rings. The second kappa shape index (κ2) is 4.50. The SMILES string of the molecule is Cc1ccc(Cl)c2nc(-c3ccsc3)nc(Cl)c12. The molecule has 3 rings (SSSR count). The first-order valence-electron chi connectivity index (χ1n) is 5.32. The van der Waals surface area contributed by atoms with Crippen molar-refractivity contribution in [3.8, 4) is 11.4 Å². The molecule has 0 aliphatic rings. The van der Waals surface area contributed by atoms with Gasteiger partial charge in [-0.25, -0.2) is 9.97 Å². The van der Waals surface area contributed by atoms with Gasteiger partial charge in [0.2, 0.25) is 0 Å². The fourth-order valence-corrected chi connectivity index (χ4v) is 2.99. The summed E-state index contributed by atoms with van der Waals surface area (Å²) >= 11 is 14.0. The van der Waals surface area contributed by atoms with Crippen LogP contribution in [0.3, 0.4) is 0 Å². The van der Waals surface area contributed by atoms with Crippen LogP contribution in [0.15, 0.2) is 29.0 Å². The molecule has 0 spiro atoms. The lowest BCUT2D eigenvalue weighted by atomic mass is 10.1. The van der Waals surface area contributed by atoms with Gasteiger partial charge >= 0.3 is 0 Å². The summed E-state index contributed by atoms with van der Waals surface area (Å²) in [4.78, 5) is 8.87. The lowest BCUT2D eigenvalue weighted by Crippen LogP contribution is -1.93. The van der Waals surface area contributed by atoms with Gasteiger partial charge in [-0.1, -0.05) is 29.3 Å². The van der Waals surface area contributed by atoms with Crippen molar-refractivity contribution in [1.82, 2.24) is 9.97 Å². The summed E-state index contributed by atoms with van der Waals surface area (Å²) in [6.45, 7) is 1.97. The maximum Gasteiger partial charge on any atom is 0.162 e. The van der Waals surface area contributed by atoms with Gasteiger partial charge in [0.1, 0.15) is 5.15 Å². The Morgan fingerprint density at radius 3 is 2.67 bits per heavy atom. The van der Waals surface area contributed by atoms with Crippen molar-refractivity contribution in [3.63, 3.8) is 0 Å². The van der Waals surface area contributed by atoms with Crippen molar-refractivity contribution >= 4 is 45.4 Å². The average Bonchev–Trinajstić information content (AvgIpc) is 2.87. The summed E-state index contributed by atoms with van der Waals surface area (Å²) in [7, 11) is 0. The zero-order valence-electron chi connectivity index (χ0n) is 9.45. The van der Waals surface area contributed by atoms with Crippen LogP contribution >= 0.6 is 34.5 Å². The number of fused-ring (bicyclic) bond motifs is 1. The number of hydrogen-bond acceptors (Lipinski definition) is 3. The first-order valence-corrected chi connectivity index (χ1v) is 7.01. The van der Waals surface area contributed by atoms with E-state index in [0.717, 1.165) is 16.5 Å². The molecule has 5 heteroatoms. The average molecular weight is 295 g/mol. The molecule has 0 saturated carbocycles. The minimum atomic E-state index is 0.446. The molecule has 0 atom stereocenters. The van der Waals surface area contributed by atoms with Gasteiger partial charge in [0.25, 0.3) is 0 Å². The van der Waals surface area contributed by atoms with Crippen LogP contribution in [0.4, 0.5) is 0 Å². The van der Waals surface area contributed by atoms with E-state index in [1.54, 1.807) is 11.3 Å². The topological polar surface area (TPSA) is 25.8 Å². The van der Waals surface area contributed by atoms with Crippen LogP contribution in [0.25, 0.3) is 22.3 Å². The second-order valence-electron chi connectivity index (χ2n) is 3.94. The minimum absolute atomic E-state index is 0.446. The van der Waals surface area contributed by atoms with E-state index in [-0.39, 0.29) is 0 Å². The molecule has 0 aliphatic heterocycles. The maximum atomic E-state index is 6.25. The molecular weight excluding hydrogens is 287 g/mol. The Labute approximate surface area is 118 Å². The van der Waals surface area contributed by atoms with E-state index in [1.165, 1.54) is 0 Å². The van der Waals surface area contributed by atoms with E-state index in [9.17, 15) is 0 Å². The van der Waals surface area contributed by atoms with Gasteiger partial charge < -0.3 is 0 Å². The third-order valence-electron chi connectivity index (χ3n) is 2.74. The van der Waals surface area contributed by atoms with Gasteiger partial charge in [-0.15, -0.1) is 0 Å².